The van der Waals surface area contributed by atoms with Crippen molar-refractivity contribution in [2.75, 3.05) is 11.4 Å². The van der Waals surface area contributed by atoms with Crippen LogP contribution in [-0.2, 0) is 23.1 Å². The summed E-state index contributed by atoms with van der Waals surface area (Å²) in [6.45, 7) is 2.53. The summed E-state index contributed by atoms with van der Waals surface area (Å²) in [5, 5.41) is 0.965. The van der Waals surface area contributed by atoms with Crippen molar-refractivity contribution in [1.29, 1.82) is 0 Å². The van der Waals surface area contributed by atoms with Gasteiger partial charge >= 0.3 is 0 Å². The van der Waals surface area contributed by atoms with E-state index in [0.717, 1.165) is 10.3 Å². The molecular weight excluding hydrogens is 542 g/mol. The van der Waals surface area contributed by atoms with Crippen LogP contribution in [-0.4, -0.2) is 30.2 Å². The Labute approximate surface area is 230 Å². The van der Waals surface area contributed by atoms with E-state index in [1.54, 1.807) is 31.4 Å². The highest BCUT2D eigenvalue weighted by Gasteiger charge is 2.26. The number of aromatic nitrogens is 1. The van der Waals surface area contributed by atoms with Gasteiger partial charge in [-0.3, -0.25) is 9.69 Å². The quantitative estimate of drug-likeness (QED) is 0.201. The fourth-order valence-corrected chi connectivity index (χ4v) is 6.73. The van der Waals surface area contributed by atoms with Gasteiger partial charge in [-0.25, -0.2) is 13.4 Å². The Bertz CT molecular complexity index is 1650. The second kappa shape index (κ2) is 11.1. The van der Waals surface area contributed by atoms with Gasteiger partial charge in [0.05, 0.1) is 27.4 Å². The predicted octanol–water partition coefficient (Wildman–Crippen LogP) is 6.60. The van der Waals surface area contributed by atoms with Gasteiger partial charge in [0, 0.05) is 18.7 Å². The monoisotopic (exact) mass is 565 g/mol. The molecule has 0 aliphatic heterocycles. The van der Waals surface area contributed by atoms with Gasteiger partial charge in [0.2, 0.25) is 10.0 Å². The first-order valence-corrected chi connectivity index (χ1v) is 14.5. The molecule has 0 bridgehead atoms. The minimum Gasteiger partial charge on any atom is -0.467 e. The lowest BCUT2D eigenvalue weighted by molar-refractivity contribution is 0.0983. The van der Waals surface area contributed by atoms with Crippen molar-refractivity contribution in [3.63, 3.8) is 0 Å². The van der Waals surface area contributed by atoms with E-state index in [1.165, 1.54) is 44.8 Å². The van der Waals surface area contributed by atoms with Gasteiger partial charge in [0.15, 0.2) is 5.13 Å². The maximum absolute atomic E-state index is 13.7. The van der Waals surface area contributed by atoms with Crippen LogP contribution in [0.4, 0.5) is 5.13 Å². The van der Waals surface area contributed by atoms with Gasteiger partial charge in [-0.2, -0.15) is 4.31 Å². The van der Waals surface area contributed by atoms with Gasteiger partial charge in [-0.15, -0.1) is 0 Å². The Balaban J connectivity index is 1.44. The van der Waals surface area contributed by atoms with Gasteiger partial charge in [-0.05, 0) is 54.1 Å². The zero-order chi connectivity index (χ0) is 26.7. The first-order chi connectivity index (χ1) is 18.4. The number of anilines is 1. The molecule has 0 aliphatic carbocycles. The summed E-state index contributed by atoms with van der Waals surface area (Å²) in [5.74, 6) is 0.250. The summed E-state index contributed by atoms with van der Waals surface area (Å²) in [5.41, 5.74) is 1.84. The van der Waals surface area contributed by atoms with Crippen molar-refractivity contribution < 1.29 is 17.6 Å². The Morgan fingerprint density at radius 3 is 2.37 bits per heavy atom. The number of halogens is 1. The van der Waals surface area contributed by atoms with Crippen LogP contribution in [0.2, 0.25) is 5.02 Å². The van der Waals surface area contributed by atoms with E-state index < -0.39 is 10.0 Å². The zero-order valence-electron chi connectivity index (χ0n) is 20.5. The molecule has 0 unspecified atom stereocenters. The average molecular weight is 566 g/mol. The number of fused-ring (bicyclic) bond motifs is 1. The van der Waals surface area contributed by atoms with Crippen LogP contribution >= 0.6 is 22.9 Å². The third-order valence-corrected chi connectivity index (χ3v) is 9.31. The highest BCUT2D eigenvalue weighted by Crippen LogP contribution is 2.34. The molecule has 1 amide bonds. The SMILES string of the molecule is CCN(Cc1ccccc1)S(=O)(=O)c1ccc(C(=O)N(Cc2ccco2)c2nc3c(Cl)cccc3s2)cc1. The topological polar surface area (TPSA) is 83.7 Å². The smallest absolute Gasteiger partial charge is 0.260 e. The average Bonchev–Trinajstić information content (AvgIpc) is 3.61. The molecule has 0 aliphatic rings. The molecular formula is C28H24ClN3O4S2. The van der Waals surface area contributed by atoms with E-state index in [1.807, 2.05) is 42.5 Å². The maximum Gasteiger partial charge on any atom is 0.260 e. The molecule has 5 rings (SSSR count). The van der Waals surface area contributed by atoms with E-state index in [2.05, 4.69) is 4.98 Å². The summed E-state index contributed by atoms with van der Waals surface area (Å²) < 4.78 is 34.4. The lowest BCUT2D eigenvalue weighted by atomic mass is 10.2. The Hall–Kier alpha value is -3.50. The Kier molecular flexibility index (Phi) is 7.62. The molecule has 3 aromatic carbocycles. The summed E-state index contributed by atoms with van der Waals surface area (Å²) in [6, 6.07) is 24.4. The largest absolute Gasteiger partial charge is 0.467 e. The van der Waals surface area contributed by atoms with Gasteiger partial charge in [-0.1, -0.05) is 66.3 Å². The second-order valence-electron chi connectivity index (χ2n) is 8.49. The number of thiazole rings is 1. The van der Waals surface area contributed by atoms with E-state index in [-0.39, 0.29) is 23.9 Å². The third-order valence-electron chi connectivity index (χ3n) is 6.02. The number of benzene rings is 3. The number of carbonyl (C=O) groups is 1. The van der Waals surface area contributed by atoms with Crippen molar-refractivity contribution >= 4 is 54.2 Å². The van der Waals surface area contributed by atoms with Gasteiger partial charge in [0.1, 0.15) is 11.3 Å². The third kappa shape index (κ3) is 5.37. The molecule has 5 aromatic rings. The summed E-state index contributed by atoms with van der Waals surface area (Å²) in [7, 11) is -3.76. The Morgan fingerprint density at radius 2 is 1.71 bits per heavy atom. The number of carbonyl (C=O) groups excluding carboxylic acids is 1. The summed E-state index contributed by atoms with van der Waals surface area (Å²) in [4.78, 5) is 19.9. The molecule has 0 saturated heterocycles. The van der Waals surface area contributed by atoms with Crippen molar-refractivity contribution in [2.24, 2.45) is 0 Å². The molecule has 10 heteroatoms. The van der Waals surface area contributed by atoms with Crippen molar-refractivity contribution in [3.8, 4) is 0 Å². The molecule has 7 nitrogen and oxygen atoms in total. The minimum absolute atomic E-state index is 0.121. The van der Waals surface area contributed by atoms with E-state index in [4.69, 9.17) is 16.0 Å². The lowest BCUT2D eigenvalue weighted by Crippen LogP contribution is -2.31. The first-order valence-electron chi connectivity index (χ1n) is 11.9. The van der Waals surface area contributed by atoms with Crippen LogP contribution in [0.25, 0.3) is 10.2 Å². The molecule has 0 atom stereocenters. The molecule has 0 saturated carbocycles. The zero-order valence-corrected chi connectivity index (χ0v) is 22.8. The molecule has 2 aromatic heterocycles. The highest BCUT2D eigenvalue weighted by atomic mass is 35.5. The predicted molar refractivity (Wildman–Crippen MR) is 150 cm³/mol. The number of nitrogens with zero attached hydrogens (tertiary/aromatic N) is 3. The fraction of sp³-hybridized carbons (Fsp3) is 0.143. The van der Waals surface area contributed by atoms with E-state index in [0.29, 0.717) is 33.5 Å². The molecule has 0 spiro atoms. The number of hydrogen-bond acceptors (Lipinski definition) is 6. The van der Waals surface area contributed by atoms with Crippen LogP contribution in [0.3, 0.4) is 0 Å². The fourth-order valence-electron chi connectivity index (χ4n) is 4.03. The van der Waals surface area contributed by atoms with Gasteiger partial charge < -0.3 is 4.42 Å². The highest BCUT2D eigenvalue weighted by molar-refractivity contribution is 7.89. The van der Waals surface area contributed by atoms with E-state index in [9.17, 15) is 13.2 Å². The number of amides is 1. The number of furan rings is 1. The van der Waals surface area contributed by atoms with Crippen molar-refractivity contribution in [1.82, 2.24) is 9.29 Å². The molecule has 38 heavy (non-hydrogen) atoms. The second-order valence-corrected chi connectivity index (χ2v) is 11.8. The van der Waals surface area contributed by atoms with Crippen LogP contribution in [0.1, 0.15) is 28.6 Å². The lowest BCUT2D eigenvalue weighted by Gasteiger charge is -2.21. The first kappa shape index (κ1) is 26.1. The van der Waals surface area contributed by atoms with Crippen LogP contribution in [0.5, 0.6) is 0 Å². The normalized spacial score (nSPS) is 11.8. The molecule has 0 N–H and O–H groups in total. The number of hydrogen-bond donors (Lipinski definition) is 0. The number of sulfonamides is 1. The molecule has 0 radical (unpaired) electrons. The van der Waals surface area contributed by atoms with Crippen molar-refractivity contribution in [3.05, 3.63) is 113 Å². The molecule has 0 fully saturated rings. The number of rotatable bonds is 9. The van der Waals surface area contributed by atoms with Crippen LogP contribution in [0.15, 0.2) is 101 Å². The minimum atomic E-state index is -3.76. The van der Waals surface area contributed by atoms with Crippen molar-refractivity contribution in [2.45, 2.75) is 24.9 Å². The summed E-state index contributed by atoms with van der Waals surface area (Å²) in [6.07, 6.45) is 1.54. The maximum atomic E-state index is 13.7. The molecule has 2 heterocycles. The molecule has 194 valence electrons. The van der Waals surface area contributed by atoms with E-state index >= 15 is 0 Å². The standard InChI is InChI=1S/C28H24ClN3O4S2/c1-2-31(18-20-8-4-3-5-9-20)38(34,35)23-15-13-21(14-16-23)27(33)32(19-22-10-7-17-36-22)28-30-26-24(29)11-6-12-25(26)37-28/h3-17H,2,18-19H2,1H3. The van der Waals surface area contributed by atoms with Gasteiger partial charge in [0.25, 0.3) is 5.91 Å². The summed E-state index contributed by atoms with van der Waals surface area (Å²) >= 11 is 7.67. The van der Waals surface area contributed by atoms with Crippen LogP contribution in [0, 0.1) is 0 Å². The Morgan fingerprint density at radius 1 is 0.947 bits per heavy atom. The number of para-hydroxylation sites is 1. The van der Waals surface area contributed by atoms with Crippen LogP contribution < -0.4 is 4.90 Å².